The van der Waals surface area contributed by atoms with Crippen molar-refractivity contribution in [1.82, 2.24) is 14.9 Å². The number of fused-ring (bicyclic) bond motifs is 1. The van der Waals surface area contributed by atoms with E-state index in [1.807, 2.05) is 30.5 Å². The van der Waals surface area contributed by atoms with Crippen molar-refractivity contribution < 1.29 is 4.42 Å². The van der Waals surface area contributed by atoms with E-state index in [2.05, 4.69) is 28.9 Å². The van der Waals surface area contributed by atoms with Crippen molar-refractivity contribution >= 4 is 5.69 Å². The molecular weight excluding hydrogens is 312 g/mol. The molecule has 3 heterocycles. The van der Waals surface area contributed by atoms with Crippen LogP contribution in [-0.4, -0.2) is 21.4 Å². The molecule has 1 aliphatic heterocycles. The quantitative estimate of drug-likeness (QED) is 0.740. The summed E-state index contributed by atoms with van der Waals surface area (Å²) in [4.78, 5) is 11.7. The Balaban J connectivity index is 1.49. The Morgan fingerprint density at radius 3 is 2.68 bits per heavy atom. The van der Waals surface area contributed by atoms with Gasteiger partial charge in [-0.05, 0) is 36.4 Å². The first-order chi connectivity index (χ1) is 12.2. The van der Waals surface area contributed by atoms with Gasteiger partial charge in [-0.2, -0.15) is 0 Å². The van der Waals surface area contributed by atoms with Crippen LogP contribution in [0.1, 0.15) is 29.7 Å². The highest BCUT2D eigenvalue weighted by Crippen LogP contribution is 2.23. The molecule has 0 amide bonds. The van der Waals surface area contributed by atoms with Gasteiger partial charge in [-0.3, -0.25) is 4.90 Å². The van der Waals surface area contributed by atoms with Crippen molar-refractivity contribution in [3.8, 4) is 11.4 Å². The van der Waals surface area contributed by atoms with Gasteiger partial charge in [-0.25, -0.2) is 9.97 Å². The highest BCUT2D eigenvalue weighted by molar-refractivity contribution is 5.58. The third-order valence-corrected chi connectivity index (χ3v) is 4.63. The molecule has 0 atom stereocenters. The van der Waals surface area contributed by atoms with Gasteiger partial charge in [0.2, 0.25) is 0 Å². The number of nitrogen functional groups attached to an aromatic ring is 1. The van der Waals surface area contributed by atoms with Crippen LogP contribution in [0.15, 0.2) is 47.0 Å². The number of hydrogen-bond acceptors (Lipinski definition) is 5. The molecule has 25 heavy (non-hydrogen) atoms. The van der Waals surface area contributed by atoms with Crippen LogP contribution in [0.4, 0.5) is 5.69 Å². The Morgan fingerprint density at radius 2 is 1.92 bits per heavy atom. The van der Waals surface area contributed by atoms with Gasteiger partial charge in [-0.1, -0.05) is 6.92 Å². The molecule has 5 heteroatoms. The Kier molecular flexibility index (Phi) is 4.24. The van der Waals surface area contributed by atoms with Crippen LogP contribution in [0, 0.1) is 0 Å². The van der Waals surface area contributed by atoms with E-state index in [1.54, 1.807) is 0 Å². The second-order valence-corrected chi connectivity index (χ2v) is 6.47. The number of aryl methyl sites for hydroxylation is 1. The van der Waals surface area contributed by atoms with Gasteiger partial charge in [-0.15, -0.1) is 0 Å². The number of nitrogens with two attached hydrogens (primary N) is 1. The summed E-state index contributed by atoms with van der Waals surface area (Å²) < 4.78 is 5.83. The minimum absolute atomic E-state index is 0.751. The molecule has 2 N–H and O–H groups in total. The minimum Gasteiger partial charge on any atom is -0.465 e. The fourth-order valence-electron chi connectivity index (χ4n) is 3.20. The summed E-state index contributed by atoms with van der Waals surface area (Å²) in [5.41, 5.74) is 9.85. The maximum Gasteiger partial charge on any atom is 0.159 e. The molecule has 0 radical (unpaired) electrons. The molecule has 0 saturated carbocycles. The molecule has 0 saturated heterocycles. The first-order valence-corrected chi connectivity index (χ1v) is 8.72. The van der Waals surface area contributed by atoms with E-state index < -0.39 is 0 Å². The molecule has 0 unspecified atom stereocenters. The van der Waals surface area contributed by atoms with E-state index in [0.29, 0.717) is 0 Å². The van der Waals surface area contributed by atoms with E-state index in [0.717, 1.165) is 66.8 Å². The zero-order chi connectivity index (χ0) is 17.2. The third kappa shape index (κ3) is 3.42. The number of hydrogen-bond donors (Lipinski definition) is 1. The summed E-state index contributed by atoms with van der Waals surface area (Å²) in [5.74, 6) is 2.84. The molecule has 0 fully saturated rings. The van der Waals surface area contributed by atoms with E-state index >= 15 is 0 Å². The van der Waals surface area contributed by atoms with E-state index in [-0.39, 0.29) is 0 Å². The second-order valence-electron chi connectivity index (χ2n) is 6.47. The average Bonchev–Trinajstić information content (AvgIpc) is 3.09. The largest absolute Gasteiger partial charge is 0.465 e. The zero-order valence-corrected chi connectivity index (χ0v) is 14.4. The number of benzene rings is 1. The summed E-state index contributed by atoms with van der Waals surface area (Å²) in [6.45, 7) is 4.78. The number of anilines is 1. The Labute approximate surface area is 147 Å². The van der Waals surface area contributed by atoms with Crippen LogP contribution in [0.5, 0.6) is 0 Å². The van der Waals surface area contributed by atoms with E-state index in [9.17, 15) is 0 Å². The summed E-state index contributed by atoms with van der Waals surface area (Å²) >= 11 is 0. The monoisotopic (exact) mass is 334 g/mol. The van der Waals surface area contributed by atoms with Crippen LogP contribution in [0.25, 0.3) is 11.4 Å². The number of furan rings is 1. The second kappa shape index (κ2) is 6.69. The van der Waals surface area contributed by atoms with Crippen molar-refractivity contribution in [3.05, 3.63) is 65.4 Å². The highest BCUT2D eigenvalue weighted by Gasteiger charge is 2.19. The summed E-state index contributed by atoms with van der Waals surface area (Å²) in [5, 5.41) is 0. The number of rotatable bonds is 4. The van der Waals surface area contributed by atoms with Crippen LogP contribution < -0.4 is 5.73 Å². The van der Waals surface area contributed by atoms with Crippen molar-refractivity contribution in [2.24, 2.45) is 0 Å². The normalized spacial score (nSPS) is 14.4. The third-order valence-electron chi connectivity index (χ3n) is 4.63. The van der Waals surface area contributed by atoms with Gasteiger partial charge in [0.05, 0.1) is 12.2 Å². The first-order valence-electron chi connectivity index (χ1n) is 8.72. The molecule has 0 bridgehead atoms. The molecule has 5 nitrogen and oxygen atoms in total. The smallest absolute Gasteiger partial charge is 0.159 e. The lowest BCUT2D eigenvalue weighted by Crippen LogP contribution is -2.30. The molecule has 2 aromatic heterocycles. The maximum atomic E-state index is 5.83. The van der Waals surface area contributed by atoms with Crippen molar-refractivity contribution in [2.45, 2.75) is 32.9 Å². The Hall–Kier alpha value is -2.66. The number of aromatic nitrogens is 2. The molecular formula is C20H22N4O. The first kappa shape index (κ1) is 15.8. The lowest BCUT2D eigenvalue weighted by molar-refractivity contribution is 0.221. The molecule has 3 aromatic rings. The SMILES string of the molecule is CCc1ccc(CN2CCc3nc(-c4ccc(N)cc4)ncc3C2)o1. The number of nitrogens with zero attached hydrogens (tertiary/aromatic N) is 3. The lowest BCUT2D eigenvalue weighted by atomic mass is 10.1. The van der Waals surface area contributed by atoms with Crippen LogP contribution in [0.2, 0.25) is 0 Å². The topological polar surface area (TPSA) is 68.2 Å². The summed E-state index contributed by atoms with van der Waals surface area (Å²) in [6, 6.07) is 11.8. The predicted molar refractivity (Wildman–Crippen MR) is 97.8 cm³/mol. The molecule has 1 aliphatic rings. The van der Waals surface area contributed by atoms with Gasteiger partial charge in [0.1, 0.15) is 11.5 Å². The van der Waals surface area contributed by atoms with Crippen molar-refractivity contribution in [2.75, 3.05) is 12.3 Å². The summed E-state index contributed by atoms with van der Waals surface area (Å²) in [7, 11) is 0. The van der Waals surface area contributed by atoms with Gasteiger partial charge < -0.3 is 10.2 Å². The van der Waals surface area contributed by atoms with Gasteiger partial charge in [0.15, 0.2) is 5.82 Å². The lowest BCUT2D eigenvalue weighted by Gasteiger charge is -2.27. The van der Waals surface area contributed by atoms with Crippen LogP contribution in [0.3, 0.4) is 0 Å². The van der Waals surface area contributed by atoms with Crippen molar-refractivity contribution in [3.63, 3.8) is 0 Å². The Morgan fingerprint density at radius 1 is 1.12 bits per heavy atom. The zero-order valence-electron chi connectivity index (χ0n) is 14.4. The average molecular weight is 334 g/mol. The van der Waals surface area contributed by atoms with Gasteiger partial charge >= 0.3 is 0 Å². The van der Waals surface area contributed by atoms with Gasteiger partial charge in [0, 0.05) is 48.9 Å². The Bertz CT molecular complexity index is 870. The highest BCUT2D eigenvalue weighted by atomic mass is 16.3. The van der Waals surface area contributed by atoms with E-state index in [4.69, 9.17) is 15.1 Å². The standard InChI is InChI=1S/C20H22N4O/c1-2-17-7-8-18(25-17)13-24-10-9-19-15(12-24)11-22-20(23-19)14-3-5-16(21)6-4-14/h3-8,11H,2,9-10,12-13,21H2,1H3. The maximum absolute atomic E-state index is 5.83. The molecule has 0 spiro atoms. The molecule has 128 valence electrons. The van der Waals surface area contributed by atoms with Gasteiger partial charge in [0.25, 0.3) is 0 Å². The summed E-state index contributed by atoms with van der Waals surface area (Å²) in [6.07, 6.45) is 3.82. The van der Waals surface area contributed by atoms with Crippen molar-refractivity contribution in [1.29, 1.82) is 0 Å². The molecule has 4 rings (SSSR count). The minimum atomic E-state index is 0.751. The fraction of sp³-hybridized carbons (Fsp3) is 0.300. The van der Waals surface area contributed by atoms with Crippen LogP contribution in [-0.2, 0) is 25.9 Å². The molecule has 0 aliphatic carbocycles. The van der Waals surface area contributed by atoms with Crippen LogP contribution >= 0.6 is 0 Å². The molecule has 1 aromatic carbocycles. The predicted octanol–water partition coefficient (Wildman–Crippen LogP) is 3.44. The van der Waals surface area contributed by atoms with E-state index in [1.165, 1.54) is 5.56 Å². The fourth-order valence-corrected chi connectivity index (χ4v) is 3.20.